The largest absolute Gasteiger partial charge is 0.411 e. The van der Waals surface area contributed by atoms with Crippen LogP contribution in [-0.2, 0) is 18.2 Å². The van der Waals surface area contributed by atoms with Crippen LogP contribution >= 0.6 is 15.0 Å². The molecule has 0 amide bonds. The van der Waals surface area contributed by atoms with Crippen molar-refractivity contribution in [2.24, 2.45) is 0 Å². The Hall–Kier alpha value is 0.340. The second-order valence-electron chi connectivity index (χ2n) is 2.95. The Bertz CT molecular complexity index is 251. The van der Waals surface area contributed by atoms with Crippen LogP contribution in [0.4, 0.5) is 0 Å². The van der Waals surface area contributed by atoms with Gasteiger partial charge in [-0.3, -0.25) is 9.05 Å². The third-order valence-corrected chi connectivity index (χ3v) is 7.60. The molecule has 0 atom stereocenters. The van der Waals surface area contributed by atoms with Crippen LogP contribution < -0.4 is 4.86 Å². The van der Waals surface area contributed by atoms with Crippen molar-refractivity contribution in [3.8, 4) is 0 Å². The fourth-order valence-electron chi connectivity index (χ4n) is 1.02. The maximum Gasteiger partial charge on any atom is 0.411 e. The van der Waals surface area contributed by atoms with Gasteiger partial charge in [0, 0.05) is 12.3 Å². The Morgan fingerprint density at radius 1 is 0.933 bits per heavy atom. The van der Waals surface area contributed by atoms with Gasteiger partial charge in [0.15, 0.2) is 7.29 Å². The van der Waals surface area contributed by atoms with Gasteiger partial charge in [0.1, 0.15) is 0 Å². The molecule has 0 radical (unpaired) electrons. The van der Waals surface area contributed by atoms with E-state index < -0.39 is 15.0 Å². The molecule has 7 heteroatoms. The number of nitrogens with one attached hydrogen (secondary N) is 1. The van der Waals surface area contributed by atoms with E-state index in [1.165, 1.54) is 0 Å². The minimum absolute atomic E-state index is 0.262. The molecular weight excluding hydrogens is 236 g/mol. The summed E-state index contributed by atoms with van der Waals surface area (Å²) in [5, 5.41) is 0. The van der Waals surface area contributed by atoms with Gasteiger partial charge in [-0.05, 0) is 13.8 Å². The van der Waals surface area contributed by atoms with Gasteiger partial charge in [-0.15, -0.1) is 0 Å². The lowest BCUT2D eigenvalue weighted by molar-refractivity contribution is 0.216. The molecule has 0 aromatic rings. The molecule has 0 heterocycles. The van der Waals surface area contributed by atoms with Crippen LogP contribution in [0.5, 0.6) is 0 Å². The third kappa shape index (κ3) is 5.28. The first-order valence-electron chi connectivity index (χ1n) is 5.22. The summed E-state index contributed by atoms with van der Waals surface area (Å²) in [6.07, 6.45) is 0.876. The van der Waals surface area contributed by atoms with Gasteiger partial charge in [-0.25, -0.2) is 4.57 Å². The molecule has 0 aromatic carbocycles. The van der Waals surface area contributed by atoms with Crippen molar-refractivity contribution in [1.29, 1.82) is 0 Å². The first kappa shape index (κ1) is 15.3. The fraction of sp³-hybridized carbons (Fsp3) is 1.00. The average Bonchev–Trinajstić information content (AvgIpc) is 2.18. The molecule has 0 rings (SSSR count). The fourth-order valence-corrected chi connectivity index (χ4v) is 5.60. The average molecular weight is 257 g/mol. The molecule has 0 saturated carbocycles. The van der Waals surface area contributed by atoms with Gasteiger partial charge in [-0.1, -0.05) is 13.8 Å². The Balaban J connectivity index is 4.66. The van der Waals surface area contributed by atoms with E-state index in [0.717, 1.165) is 0 Å². The number of rotatable bonds is 8. The molecule has 0 saturated heterocycles. The van der Waals surface area contributed by atoms with E-state index in [1.807, 2.05) is 0 Å². The van der Waals surface area contributed by atoms with Crippen LogP contribution in [0.1, 0.15) is 27.7 Å². The molecule has 0 bridgehead atoms. The van der Waals surface area contributed by atoms with Crippen molar-refractivity contribution in [2.75, 3.05) is 25.5 Å². The molecule has 1 N–H and O–H groups in total. The zero-order chi connectivity index (χ0) is 11.9. The second-order valence-corrected chi connectivity index (χ2v) is 8.31. The summed E-state index contributed by atoms with van der Waals surface area (Å²) >= 11 is 0. The maximum atomic E-state index is 12.1. The lowest BCUT2D eigenvalue weighted by atomic mass is 10.9. The molecule has 0 aromatic heterocycles. The maximum absolute atomic E-state index is 12.1. The highest BCUT2D eigenvalue weighted by Gasteiger charge is 2.32. The first-order valence-corrected chi connectivity index (χ1v) is 8.84. The predicted molar refractivity (Wildman–Crippen MR) is 62.7 cm³/mol. The molecule has 0 spiro atoms. The summed E-state index contributed by atoms with van der Waals surface area (Å²) in [4.78, 5) is 2.57. The summed E-state index contributed by atoms with van der Waals surface area (Å²) in [7, 11) is -6.01. The molecule has 92 valence electrons. The smallest absolute Gasteiger partial charge is 0.306 e. The van der Waals surface area contributed by atoms with Crippen LogP contribution in [0.3, 0.4) is 0 Å². The summed E-state index contributed by atoms with van der Waals surface area (Å²) in [6, 6.07) is 0. The summed E-state index contributed by atoms with van der Waals surface area (Å²) in [5.41, 5.74) is 0. The van der Waals surface area contributed by atoms with Gasteiger partial charge in [0.2, 0.25) is 0 Å². The Morgan fingerprint density at radius 3 is 1.60 bits per heavy atom. The van der Waals surface area contributed by atoms with E-state index in [0.29, 0.717) is 12.3 Å². The lowest BCUT2D eigenvalue weighted by Crippen LogP contribution is -2.15. The molecule has 0 unspecified atom stereocenters. The molecule has 0 aliphatic rings. The molecule has 5 nitrogen and oxygen atoms in total. The predicted octanol–water partition coefficient (Wildman–Crippen LogP) is 3.08. The van der Waals surface area contributed by atoms with Crippen LogP contribution in [0.25, 0.3) is 0 Å². The third-order valence-electron chi connectivity index (χ3n) is 1.92. The van der Waals surface area contributed by atoms with E-state index in [9.17, 15) is 9.13 Å². The van der Waals surface area contributed by atoms with Gasteiger partial charge < -0.3 is 4.57 Å². The first-order chi connectivity index (χ1) is 6.95. The zero-order valence-electron chi connectivity index (χ0n) is 9.86. The number of hydrogen-bond donors (Lipinski definition) is 1. The normalized spacial score (nSPS) is 13.1. The summed E-state index contributed by atoms with van der Waals surface area (Å²) in [5.74, 6) is 0. The van der Waals surface area contributed by atoms with Crippen molar-refractivity contribution in [3.05, 3.63) is 0 Å². The Morgan fingerprint density at radius 2 is 1.33 bits per heavy atom. The minimum Gasteiger partial charge on any atom is -0.306 e. The quantitative estimate of drug-likeness (QED) is 0.677. The highest BCUT2D eigenvalue weighted by Crippen LogP contribution is 2.56. The van der Waals surface area contributed by atoms with Crippen molar-refractivity contribution in [2.45, 2.75) is 27.7 Å². The summed E-state index contributed by atoms with van der Waals surface area (Å²) < 4.78 is 34.1. The summed E-state index contributed by atoms with van der Waals surface area (Å²) in [6.45, 7) is 7.54. The molecule has 0 fully saturated rings. The molecule has 15 heavy (non-hydrogen) atoms. The van der Waals surface area contributed by atoms with E-state index in [2.05, 4.69) is 4.86 Å². The second kappa shape index (κ2) is 6.82. The molecular formula is C8H21NO4P2. The van der Waals surface area contributed by atoms with Gasteiger partial charge in [0.25, 0.3) is 0 Å². The van der Waals surface area contributed by atoms with Crippen molar-refractivity contribution in [1.82, 2.24) is 4.86 Å². The van der Waals surface area contributed by atoms with Crippen molar-refractivity contribution in [3.63, 3.8) is 0 Å². The highest BCUT2D eigenvalue weighted by atomic mass is 31.2. The van der Waals surface area contributed by atoms with Crippen molar-refractivity contribution >= 4 is 15.0 Å². The topological polar surface area (TPSA) is 64.6 Å². The molecule has 0 aliphatic carbocycles. The molecule has 0 aliphatic heterocycles. The van der Waals surface area contributed by atoms with E-state index in [-0.39, 0.29) is 13.2 Å². The van der Waals surface area contributed by atoms with E-state index >= 15 is 0 Å². The van der Waals surface area contributed by atoms with Gasteiger partial charge >= 0.3 is 7.75 Å². The van der Waals surface area contributed by atoms with E-state index in [1.54, 1.807) is 27.7 Å². The zero-order valence-corrected chi connectivity index (χ0v) is 11.6. The van der Waals surface area contributed by atoms with Gasteiger partial charge in [0.05, 0.1) is 13.2 Å². The number of hydrogen-bond acceptors (Lipinski definition) is 4. The van der Waals surface area contributed by atoms with E-state index in [4.69, 9.17) is 9.05 Å². The van der Waals surface area contributed by atoms with Gasteiger partial charge in [-0.2, -0.15) is 4.86 Å². The van der Waals surface area contributed by atoms with Crippen LogP contribution in [0, 0.1) is 0 Å². The minimum atomic E-state index is -3.39. The monoisotopic (exact) mass is 257 g/mol. The van der Waals surface area contributed by atoms with Crippen LogP contribution in [-0.4, -0.2) is 25.5 Å². The lowest BCUT2D eigenvalue weighted by Gasteiger charge is -2.23. The SMILES string of the molecule is CCOP(=O)(NP(=O)(CC)CC)OCC. The Kier molecular flexibility index (Phi) is 6.98. The van der Waals surface area contributed by atoms with Crippen LogP contribution in [0.2, 0.25) is 0 Å². The van der Waals surface area contributed by atoms with Crippen molar-refractivity contribution < 1.29 is 18.2 Å². The highest BCUT2D eigenvalue weighted by molar-refractivity contribution is 7.73. The Labute approximate surface area is 91.9 Å². The van der Waals surface area contributed by atoms with Crippen LogP contribution in [0.15, 0.2) is 0 Å². The standard InChI is InChI=1S/C8H21NO4P2/c1-5-12-15(11,13-6-2)9-14(10,7-3)8-4/h5-8H2,1-4H3,(H,9,10,11).